The van der Waals surface area contributed by atoms with Crippen LogP contribution in [0.25, 0.3) is 0 Å². The fourth-order valence-electron chi connectivity index (χ4n) is 2.91. The number of nitrogens with zero attached hydrogens (tertiary/aromatic N) is 3. The van der Waals surface area contributed by atoms with Crippen LogP contribution in [0.15, 0.2) is 6.07 Å². The predicted octanol–water partition coefficient (Wildman–Crippen LogP) is 0.998. The first-order valence-corrected chi connectivity index (χ1v) is 8.08. The third-order valence-corrected chi connectivity index (χ3v) is 3.95. The molecule has 1 aromatic rings. The monoisotopic (exact) mass is 319 g/mol. The smallest absolute Gasteiger partial charge is 0.273 e. The number of nitrogen functional groups attached to an aromatic ring is 1. The minimum atomic E-state index is -0.439. The molecule has 7 heteroatoms. The maximum absolute atomic E-state index is 12.8. The Labute approximate surface area is 136 Å². The summed E-state index contributed by atoms with van der Waals surface area (Å²) in [6.45, 7) is 4.71. The first-order chi connectivity index (χ1) is 10.9. The van der Waals surface area contributed by atoms with Gasteiger partial charge in [-0.05, 0) is 37.7 Å². The molecular weight excluding hydrogens is 294 g/mol. The van der Waals surface area contributed by atoms with Gasteiger partial charge < -0.3 is 16.0 Å². The number of hydrogen-bond acceptors (Lipinski definition) is 5. The van der Waals surface area contributed by atoms with Crippen LogP contribution in [0, 0.1) is 5.92 Å². The van der Waals surface area contributed by atoms with E-state index in [2.05, 4.69) is 29.1 Å². The van der Waals surface area contributed by atoms with E-state index >= 15 is 0 Å². The molecule has 2 rings (SSSR count). The largest absolute Gasteiger partial charge is 0.368 e. The molecule has 7 nitrogen and oxygen atoms in total. The summed E-state index contributed by atoms with van der Waals surface area (Å²) in [6, 6.07) is 1.25. The first-order valence-electron chi connectivity index (χ1n) is 8.08. The van der Waals surface area contributed by atoms with E-state index in [0.29, 0.717) is 18.9 Å². The molecule has 3 N–H and O–H groups in total. The molecule has 2 heterocycles. The van der Waals surface area contributed by atoms with E-state index in [4.69, 9.17) is 5.73 Å². The van der Waals surface area contributed by atoms with Crippen molar-refractivity contribution in [1.29, 1.82) is 0 Å². The quantitative estimate of drug-likeness (QED) is 0.862. The second-order valence-electron chi connectivity index (χ2n) is 6.33. The Balaban J connectivity index is 2.27. The van der Waals surface area contributed by atoms with E-state index in [1.54, 1.807) is 18.0 Å². The van der Waals surface area contributed by atoms with Crippen molar-refractivity contribution < 1.29 is 9.59 Å². The molecule has 0 spiro atoms. The molecule has 2 amide bonds. The number of amides is 2. The van der Waals surface area contributed by atoms with Crippen molar-refractivity contribution in [1.82, 2.24) is 20.2 Å². The van der Waals surface area contributed by atoms with E-state index in [1.807, 2.05) is 0 Å². The van der Waals surface area contributed by atoms with Gasteiger partial charge in [0.1, 0.15) is 11.7 Å². The number of carbonyl (C=O) groups is 2. The number of hydrogen-bond donors (Lipinski definition) is 2. The number of nitrogens with two attached hydrogens (primary N) is 1. The highest BCUT2D eigenvalue weighted by molar-refractivity contribution is 5.96. The molecule has 0 saturated carbocycles. The SMILES string of the molecule is CNC(=O)C1CCCCN1C(=O)c1cc(CC(C)C)nc(N)n1. The van der Waals surface area contributed by atoms with Crippen LogP contribution in [0.4, 0.5) is 5.95 Å². The van der Waals surface area contributed by atoms with E-state index in [9.17, 15) is 9.59 Å². The summed E-state index contributed by atoms with van der Waals surface area (Å²) in [4.78, 5) is 34.7. The summed E-state index contributed by atoms with van der Waals surface area (Å²) >= 11 is 0. The lowest BCUT2D eigenvalue weighted by Gasteiger charge is -2.34. The van der Waals surface area contributed by atoms with Gasteiger partial charge in [-0.25, -0.2) is 9.97 Å². The number of likely N-dealkylation sites (N-methyl/N-ethyl adjacent to an activating group) is 1. The van der Waals surface area contributed by atoms with Crippen molar-refractivity contribution in [3.63, 3.8) is 0 Å². The Kier molecular flexibility index (Phi) is 5.52. The van der Waals surface area contributed by atoms with Crippen LogP contribution in [-0.4, -0.2) is 46.3 Å². The average molecular weight is 319 g/mol. The van der Waals surface area contributed by atoms with Gasteiger partial charge in [0.25, 0.3) is 5.91 Å². The fourth-order valence-corrected chi connectivity index (χ4v) is 2.91. The molecule has 1 saturated heterocycles. The highest BCUT2D eigenvalue weighted by atomic mass is 16.2. The molecule has 0 aromatic carbocycles. The Morgan fingerprint density at radius 2 is 2.13 bits per heavy atom. The predicted molar refractivity (Wildman–Crippen MR) is 87.7 cm³/mol. The van der Waals surface area contributed by atoms with Crippen LogP contribution in [0.3, 0.4) is 0 Å². The second-order valence-corrected chi connectivity index (χ2v) is 6.33. The van der Waals surface area contributed by atoms with Crippen LogP contribution < -0.4 is 11.1 Å². The number of aromatic nitrogens is 2. The molecule has 0 radical (unpaired) electrons. The van der Waals surface area contributed by atoms with Crippen molar-refractivity contribution in [2.75, 3.05) is 19.3 Å². The number of likely N-dealkylation sites (tertiary alicyclic amines) is 1. The zero-order valence-corrected chi connectivity index (χ0v) is 14.0. The third kappa shape index (κ3) is 4.18. The summed E-state index contributed by atoms with van der Waals surface area (Å²) in [5, 5.41) is 2.63. The molecule has 1 atom stereocenters. The van der Waals surface area contributed by atoms with E-state index in [1.165, 1.54) is 0 Å². The fraction of sp³-hybridized carbons (Fsp3) is 0.625. The first kappa shape index (κ1) is 17.2. The van der Waals surface area contributed by atoms with Gasteiger partial charge >= 0.3 is 0 Å². The lowest BCUT2D eigenvalue weighted by Crippen LogP contribution is -2.51. The normalized spacial score (nSPS) is 18.1. The van der Waals surface area contributed by atoms with Crippen LogP contribution in [0.1, 0.15) is 49.3 Å². The van der Waals surface area contributed by atoms with Gasteiger partial charge in [-0.3, -0.25) is 9.59 Å². The van der Waals surface area contributed by atoms with Crippen molar-refractivity contribution in [2.45, 2.75) is 45.6 Å². The average Bonchev–Trinajstić information content (AvgIpc) is 2.52. The van der Waals surface area contributed by atoms with Gasteiger partial charge in [0.15, 0.2) is 0 Å². The van der Waals surface area contributed by atoms with Crippen LogP contribution >= 0.6 is 0 Å². The summed E-state index contributed by atoms with van der Waals surface area (Å²) < 4.78 is 0. The van der Waals surface area contributed by atoms with Crippen molar-refractivity contribution in [2.24, 2.45) is 5.92 Å². The van der Waals surface area contributed by atoms with Crippen LogP contribution in [0.2, 0.25) is 0 Å². The molecule has 0 aliphatic carbocycles. The van der Waals surface area contributed by atoms with Gasteiger partial charge in [-0.1, -0.05) is 13.8 Å². The topological polar surface area (TPSA) is 101 Å². The number of rotatable bonds is 4. The maximum atomic E-state index is 12.8. The number of carbonyl (C=O) groups excluding carboxylic acids is 2. The van der Waals surface area contributed by atoms with Gasteiger partial charge in [0, 0.05) is 19.3 Å². The number of piperidine rings is 1. The van der Waals surface area contributed by atoms with E-state index in [-0.39, 0.29) is 23.5 Å². The molecule has 1 unspecified atom stereocenters. The lowest BCUT2D eigenvalue weighted by atomic mass is 10.0. The lowest BCUT2D eigenvalue weighted by molar-refractivity contribution is -0.126. The van der Waals surface area contributed by atoms with Gasteiger partial charge in [-0.15, -0.1) is 0 Å². The zero-order chi connectivity index (χ0) is 17.0. The summed E-state index contributed by atoms with van der Waals surface area (Å²) in [5.41, 5.74) is 6.77. The summed E-state index contributed by atoms with van der Waals surface area (Å²) in [6.07, 6.45) is 3.22. The molecule has 0 bridgehead atoms. The third-order valence-electron chi connectivity index (χ3n) is 3.95. The Morgan fingerprint density at radius 3 is 2.78 bits per heavy atom. The molecule has 1 aliphatic heterocycles. The number of nitrogens with one attached hydrogen (secondary N) is 1. The zero-order valence-electron chi connectivity index (χ0n) is 14.0. The standard InChI is InChI=1S/C16H25N5O2/c1-10(2)8-11-9-12(20-16(17)19-11)15(23)21-7-5-4-6-13(21)14(22)18-3/h9-10,13H,4-8H2,1-3H3,(H,18,22)(H2,17,19,20). The molecule has 1 aromatic heterocycles. The van der Waals surface area contributed by atoms with E-state index in [0.717, 1.165) is 25.0 Å². The van der Waals surface area contributed by atoms with Gasteiger partial charge in [0.2, 0.25) is 11.9 Å². The van der Waals surface area contributed by atoms with Crippen LogP contribution in [-0.2, 0) is 11.2 Å². The van der Waals surface area contributed by atoms with Gasteiger partial charge in [0.05, 0.1) is 0 Å². The Bertz CT molecular complexity index is 588. The molecule has 23 heavy (non-hydrogen) atoms. The maximum Gasteiger partial charge on any atom is 0.273 e. The van der Waals surface area contributed by atoms with E-state index < -0.39 is 6.04 Å². The molecule has 126 valence electrons. The number of anilines is 1. The highest BCUT2D eigenvalue weighted by Gasteiger charge is 2.32. The summed E-state index contributed by atoms with van der Waals surface area (Å²) in [7, 11) is 1.59. The van der Waals surface area contributed by atoms with Gasteiger partial charge in [-0.2, -0.15) is 0 Å². The van der Waals surface area contributed by atoms with Crippen molar-refractivity contribution in [3.8, 4) is 0 Å². The Hall–Kier alpha value is -2.18. The van der Waals surface area contributed by atoms with Crippen molar-refractivity contribution >= 4 is 17.8 Å². The molecule has 1 aliphatic rings. The highest BCUT2D eigenvalue weighted by Crippen LogP contribution is 2.20. The summed E-state index contributed by atoms with van der Waals surface area (Å²) in [5.74, 6) is 0.112. The Morgan fingerprint density at radius 1 is 1.39 bits per heavy atom. The molecule has 1 fully saturated rings. The molecular formula is C16H25N5O2. The van der Waals surface area contributed by atoms with Crippen molar-refractivity contribution in [3.05, 3.63) is 17.5 Å². The minimum absolute atomic E-state index is 0.0972. The second kappa shape index (κ2) is 7.39. The minimum Gasteiger partial charge on any atom is -0.368 e. The van der Waals surface area contributed by atoms with Crippen LogP contribution in [0.5, 0.6) is 0 Å².